The Kier molecular flexibility index (Phi) is 9.81. The van der Waals surface area contributed by atoms with Crippen LogP contribution in [0.2, 0.25) is 10.0 Å². The molecular weight excluding hydrogens is 661 g/mol. The van der Waals surface area contributed by atoms with Crippen molar-refractivity contribution in [2.24, 2.45) is 0 Å². The zero-order valence-corrected chi connectivity index (χ0v) is 28.6. The van der Waals surface area contributed by atoms with Crippen LogP contribution in [0.25, 0.3) is 39.2 Å². The van der Waals surface area contributed by atoms with Crippen LogP contribution < -0.4 is 26.0 Å². The van der Waals surface area contributed by atoms with E-state index in [4.69, 9.17) is 32.9 Å². The van der Waals surface area contributed by atoms with E-state index in [1.165, 1.54) is 0 Å². The van der Waals surface area contributed by atoms with E-state index in [0.717, 1.165) is 64.1 Å². The van der Waals surface area contributed by atoms with Crippen LogP contribution >= 0.6 is 23.2 Å². The maximum Gasteiger partial charge on any atom is 0.220 e. The number of methoxy groups -OCH3 is 1. The van der Waals surface area contributed by atoms with Crippen molar-refractivity contribution < 1.29 is 14.3 Å². The molecule has 5 heterocycles. The van der Waals surface area contributed by atoms with Crippen molar-refractivity contribution in [3.8, 4) is 39.4 Å². The maximum atomic E-state index is 11.5. The molecule has 49 heavy (non-hydrogen) atoms. The number of nitrogens with zero attached hydrogens (tertiary/aromatic N) is 3. The minimum Gasteiger partial charge on any atom is -0.481 e. The molecule has 0 aliphatic carbocycles. The number of benzene rings is 2. The summed E-state index contributed by atoms with van der Waals surface area (Å²) in [5.41, 5.74) is 7.63. The van der Waals surface area contributed by atoms with E-state index in [-0.39, 0.29) is 23.9 Å². The molecule has 3 aromatic heterocycles. The lowest BCUT2D eigenvalue weighted by molar-refractivity contribution is -0.120. The smallest absolute Gasteiger partial charge is 0.220 e. The Labute approximate surface area is 294 Å². The van der Waals surface area contributed by atoms with Crippen molar-refractivity contribution in [1.82, 2.24) is 35.6 Å². The second kappa shape index (κ2) is 14.6. The molecule has 2 atom stereocenters. The van der Waals surface area contributed by atoms with E-state index in [2.05, 4.69) is 30.7 Å². The highest BCUT2D eigenvalue weighted by molar-refractivity contribution is 6.39. The monoisotopic (exact) mass is 697 g/mol. The lowest BCUT2D eigenvalue weighted by Gasteiger charge is -2.16. The van der Waals surface area contributed by atoms with Crippen molar-refractivity contribution >= 4 is 40.7 Å². The van der Waals surface area contributed by atoms with Gasteiger partial charge < -0.3 is 30.4 Å². The average Bonchev–Trinajstić information content (AvgIpc) is 3.84. The fourth-order valence-corrected chi connectivity index (χ4v) is 7.24. The molecule has 2 amide bonds. The SMILES string of the molecule is COc1nc(-c2cccc(-c3cccc(-c4ccn5c(CNC[C@@H]6CCC(=O)N6)cnc5c4)c3Cl)c2Cl)ccc1CNC[C@@H]1CCC(=O)N1. The van der Waals surface area contributed by atoms with Gasteiger partial charge in [0.1, 0.15) is 5.65 Å². The van der Waals surface area contributed by atoms with Gasteiger partial charge in [-0.15, -0.1) is 0 Å². The molecule has 252 valence electrons. The van der Waals surface area contributed by atoms with Crippen LogP contribution in [0.4, 0.5) is 0 Å². The van der Waals surface area contributed by atoms with Gasteiger partial charge in [0, 0.05) is 85.1 Å². The van der Waals surface area contributed by atoms with Crippen molar-refractivity contribution in [2.75, 3.05) is 20.2 Å². The number of pyridine rings is 2. The number of nitrogens with one attached hydrogen (secondary N) is 4. The normalized spacial score (nSPS) is 17.4. The number of rotatable bonds is 12. The summed E-state index contributed by atoms with van der Waals surface area (Å²) in [7, 11) is 1.60. The van der Waals surface area contributed by atoms with Crippen molar-refractivity contribution in [2.45, 2.75) is 50.9 Å². The van der Waals surface area contributed by atoms with Crippen LogP contribution in [0, 0.1) is 0 Å². The molecule has 2 fully saturated rings. The van der Waals surface area contributed by atoms with Gasteiger partial charge in [0.05, 0.1) is 34.7 Å². The molecule has 0 unspecified atom stereocenters. The number of aromatic nitrogens is 3. The minimum atomic E-state index is 0.102. The van der Waals surface area contributed by atoms with Gasteiger partial charge >= 0.3 is 0 Å². The van der Waals surface area contributed by atoms with Crippen LogP contribution in [0.5, 0.6) is 5.88 Å². The van der Waals surface area contributed by atoms with Gasteiger partial charge in [0.25, 0.3) is 0 Å². The molecular formula is C37H37Cl2N7O3. The average molecular weight is 699 g/mol. The fraction of sp³-hybridized carbons (Fsp3) is 0.297. The summed E-state index contributed by atoms with van der Waals surface area (Å²) in [6, 6.07) is 20.1. The number of hydrogen-bond acceptors (Lipinski definition) is 7. The number of fused-ring (bicyclic) bond motifs is 1. The van der Waals surface area contributed by atoms with Gasteiger partial charge in [-0.3, -0.25) is 9.59 Å². The van der Waals surface area contributed by atoms with E-state index < -0.39 is 0 Å². The van der Waals surface area contributed by atoms with Gasteiger partial charge in [-0.25, -0.2) is 9.97 Å². The van der Waals surface area contributed by atoms with Crippen LogP contribution in [0.1, 0.15) is 36.9 Å². The number of carbonyl (C=O) groups excluding carboxylic acids is 2. The Bertz CT molecular complexity index is 2030. The highest BCUT2D eigenvalue weighted by Crippen LogP contribution is 2.42. The summed E-state index contributed by atoms with van der Waals surface area (Å²) in [5, 5.41) is 13.9. The first-order valence-corrected chi connectivity index (χ1v) is 17.2. The molecule has 0 spiro atoms. The molecule has 4 N–H and O–H groups in total. The van der Waals surface area contributed by atoms with Crippen LogP contribution in [-0.4, -0.2) is 58.5 Å². The molecule has 0 saturated carbocycles. The second-order valence-corrected chi connectivity index (χ2v) is 13.2. The minimum absolute atomic E-state index is 0.102. The van der Waals surface area contributed by atoms with Crippen molar-refractivity contribution in [1.29, 1.82) is 0 Å². The summed E-state index contributed by atoms with van der Waals surface area (Å²) in [6.45, 7) is 2.60. The number of amides is 2. The predicted octanol–water partition coefficient (Wildman–Crippen LogP) is 5.78. The maximum absolute atomic E-state index is 11.5. The molecule has 5 aromatic rings. The largest absolute Gasteiger partial charge is 0.481 e. The molecule has 7 rings (SSSR count). The number of ether oxygens (including phenoxy) is 1. The summed E-state index contributed by atoms with van der Waals surface area (Å²) < 4.78 is 7.71. The van der Waals surface area contributed by atoms with E-state index in [0.29, 0.717) is 54.1 Å². The van der Waals surface area contributed by atoms with Crippen LogP contribution in [0.15, 0.2) is 73.1 Å². The van der Waals surface area contributed by atoms with Gasteiger partial charge in [0.2, 0.25) is 17.7 Å². The number of imidazole rings is 1. The quantitative estimate of drug-likeness (QED) is 0.130. The first-order valence-electron chi connectivity index (χ1n) is 16.5. The van der Waals surface area contributed by atoms with Gasteiger partial charge in [0.15, 0.2) is 0 Å². The standard InChI is InChI=1S/C37H37Cl2N7O3/c1-49-37-23(17-40-18-24-9-12-33(47)43-24)8-11-31(45-37)30-7-3-6-29(36(30)39)28-5-2-4-27(35(28)38)22-14-15-46-26(21-42-32(46)16-22)20-41-19-25-10-13-34(48)44-25/h2-8,11,14-16,21,24-25,40-41H,9-10,12-13,17-20H2,1H3,(H,43,47)(H,44,48)/t24-,25-/m0/s1. The Hall–Kier alpha value is -4.48. The predicted molar refractivity (Wildman–Crippen MR) is 192 cm³/mol. The van der Waals surface area contributed by atoms with Crippen molar-refractivity contribution in [3.05, 3.63) is 94.4 Å². The lowest BCUT2D eigenvalue weighted by Crippen LogP contribution is -2.35. The fourth-order valence-electron chi connectivity index (χ4n) is 6.58. The van der Waals surface area contributed by atoms with E-state index >= 15 is 0 Å². The third kappa shape index (κ3) is 7.14. The Morgan fingerprint density at radius 2 is 1.47 bits per heavy atom. The lowest BCUT2D eigenvalue weighted by atomic mass is 9.97. The summed E-state index contributed by atoms with van der Waals surface area (Å²) in [4.78, 5) is 32.5. The van der Waals surface area contributed by atoms with Gasteiger partial charge in [-0.2, -0.15) is 0 Å². The Morgan fingerprint density at radius 1 is 0.837 bits per heavy atom. The third-order valence-electron chi connectivity index (χ3n) is 9.17. The summed E-state index contributed by atoms with van der Waals surface area (Å²) in [6.07, 6.45) is 6.74. The van der Waals surface area contributed by atoms with Crippen molar-refractivity contribution in [3.63, 3.8) is 0 Å². The molecule has 2 saturated heterocycles. The summed E-state index contributed by atoms with van der Waals surface area (Å²) >= 11 is 14.2. The zero-order chi connectivity index (χ0) is 33.9. The number of carbonyl (C=O) groups is 2. The molecule has 12 heteroatoms. The van der Waals surface area contributed by atoms with E-state index in [9.17, 15) is 9.59 Å². The molecule has 2 aliphatic heterocycles. The molecule has 10 nitrogen and oxygen atoms in total. The van der Waals surface area contributed by atoms with Gasteiger partial charge in [-0.1, -0.05) is 65.7 Å². The van der Waals surface area contributed by atoms with E-state index in [1.54, 1.807) is 7.11 Å². The first kappa shape index (κ1) is 33.0. The second-order valence-electron chi connectivity index (χ2n) is 12.5. The molecule has 0 radical (unpaired) electrons. The zero-order valence-electron chi connectivity index (χ0n) is 27.1. The third-order valence-corrected chi connectivity index (χ3v) is 9.98. The number of hydrogen-bond donors (Lipinski definition) is 4. The highest BCUT2D eigenvalue weighted by Gasteiger charge is 2.22. The Balaban J connectivity index is 1.09. The van der Waals surface area contributed by atoms with Gasteiger partial charge in [-0.05, 0) is 36.6 Å². The first-order chi connectivity index (χ1) is 23.9. The van der Waals surface area contributed by atoms with Crippen LogP contribution in [-0.2, 0) is 22.7 Å². The topological polar surface area (TPSA) is 122 Å². The molecule has 2 aromatic carbocycles. The Morgan fingerprint density at radius 3 is 2.12 bits per heavy atom. The highest BCUT2D eigenvalue weighted by atomic mass is 35.5. The van der Waals surface area contributed by atoms with Crippen LogP contribution in [0.3, 0.4) is 0 Å². The molecule has 2 aliphatic rings. The number of halogens is 2. The molecule has 0 bridgehead atoms. The summed E-state index contributed by atoms with van der Waals surface area (Å²) in [5.74, 6) is 0.732. The van der Waals surface area contributed by atoms with E-state index in [1.807, 2.05) is 73.1 Å².